The van der Waals surface area contributed by atoms with Gasteiger partial charge in [0.05, 0.1) is 5.60 Å². The monoisotopic (exact) mass is 253 g/mol. The van der Waals surface area contributed by atoms with E-state index in [1.165, 1.54) is 57.9 Å². The first-order valence-electron chi connectivity index (χ1n) is 7.89. The average Bonchev–Trinajstić information content (AvgIpc) is 3.19. The van der Waals surface area contributed by atoms with Gasteiger partial charge in [0.1, 0.15) is 0 Å². The molecule has 0 amide bonds. The zero-order valence-electron chi connectivity index (χ0n) is 12.5. The second kappa shape index (κ2) is 6.38. The summed E-state index contributed by atoms with van der Waals surface area (Å²) < 4.78 is 5.56. The lowest BCUT2D eigenvalue weighted by atomic mass is 9.75. The summed E-state index contributed by atoms with van der Waals surface area (Å²) in [6.45, 7) is 5.70. The fourth-order valence-electron chi connectivity index (χ4n) is 3.17. The SMILES string of the molecule is COC(C)(C)CCC1CCCCC1CNC1CC1. The molecule has 0 bridgehead atoms. The van der Waals surface area contributed by atoms with E-state index < -0.39 is 0 Å². The number of ether oxygens (including phenoxy) is 1. The molecule has 2 rings (SSSR count). The molecule has 0 aliphatic heterocycles. The van der Waals surface area contributed by atoms with Crippen LogP contribution in [0, 0.1) is 11.8 Å². The molecule has 0 spiro atoms. The summed E-state index contributed by atoms with van der Waals surface area (Å²) in [6.07, 6.45) is 11.1. The normalized spacial score (nSPS) is 29.5. The lowest BCUT2D eigenvalue weighted by Crippen LogP contribution is -2.33. The van der Waals surface area contributed by atoms with E-state index in [1.54, 1.807) is 0 Å². The average molecular weight is 253 g/mol. The van der Waals surface area contributed by atoms with Gasteiger partial charge in [-0.3, -0.25) is 0 Å². The smallest absolute Gasteiger partial charge is 0.0622 e. The zero-order chi connectivity index (χ0) is 13.0. The molecule has 0 aromatic rings. The predicted molar refractivity (Wildman–Crippen MR) is 76.8 cm³/mol. The first-order valence-corrected chi connectivity index (χ1v) is 7.89. The van der Waals surface area contributed by atoms with E-state index in [0.717, 1.165) is 17.9 Å². The van der Waals surface area contributed by atoms with Crippen molar-refractivity contribution in [2.24, 2.45) is 11.8 Å². The molecule has 0 aromatic heterocycles. The summed E-state index contributed by atoms with van der Waals surface area (Å²) in [7, 11) is 1.84. The van der Waals surface area contributed by atoms with E-state index in [1.807, 2.05) is 7.11 Å². The van der Waals surface area contributed by atoms with Crippen LogP contribution in [0.1, 0.15) is 65.2 Å². The molecule has 2 aliphatic carbocycles. The minimum absolute atomic E-state index is 0.0614. The highest BCUT2D eigenvalue weighted by atomic mass is 16.5. The standard InChI is InChI=1S/C16H31NO/c1-16(2,18-3)11-10-13-6-4-5-7-14(13)12-17-15-8-9-15/h13-15,17H,4-12H2,1-3H3. The van der Waals surface area contributed by atoms with Gasteiger partial charge in [-0.25, -0.2) is 0 Å². The van der Waals surface area contributed by atoms with Crippen molar-refractivity contribution in [2.45, 2.75) is 76.9 Å². The quantitative estimate of drug-likeness (QED) is 0.746. The molecule has 106 valence electrons. The van der Waals surface area contributed by atoms with Gasteiger partial charge >= 0.3 is 0 Å². The first-order chi connectivity index (χ1) is 8.61. The molecule has 2 heteroatoms. The molecule has 2 unspecified atom stereocenters. The zero-order valence-corrected chi connectivity index (χ0v) is 12.5. The van der Waals surface area contributed by atoms with Crippen LogP contribution >= 0.6 is 0 Å². The van der Waals surface area contributed by atoms with Crippen molar-refractivity contribution in [1.29, 1.82) is 0 Å². The van der Waals surface area contributed by atoms with Crippen LogP contribution in [-0.2, 0) is 4.74 Å². The predicted octanol–water partition coefficient (Wildman–Crippen LogP) is 3.75. The van der Waals surface area contributed by atoms with E-state index in [-0.39, 0.29) is 5.60 Å². The topological polar surface area (TPSA) is 21.3 Å². The van der Waals surface area contributed by atoms with Crippen molar-refractivity contribution in [3.63, 3.8) is 0 Å². The summed E-state index contributed by atoms with van der Waals surface area (Å²) in [4.78, 5) is 0. The van der Waals surface area contributed by atoms with E-state index in [4.69, 9.17) is 4.74 Å². The fourth-order valence-corrected chi connectivity index (χ4v) is 3.17. The van der Waals surface area contributed by atoms with Crippen molar-refractivity contribution in [3.8, 4) is 0 Å². The summed E-state index contributed by atoms with van der Waals surface area (Å²) in [5.74, 6) is 1.85. The van der Waals surface area contributed by atoms with Gasteiger partial charge in [0, 0.05) is 13.2 Å². The number of rotatable bonds is 7. The van der Waals surface area contributed by atoms with Crippen molar-refractivity contribution in [1.82, 2.24) is 5.32 Å². The van der Waals surface area contributed by atoms with E-state index in [2.05, 4.69) is 19.2 Å². The summed E-state index contributed by atoms with van der Waals surface area (Å²) in [5, 5.41) is 3.74. The Balaban J connectivity index is 1.75. The molecule has 0 aromatic carbocycles. The Morgan fingerprint density at radius 1 is 1.06 bits per heavy atom. The van der Waals surface area contributed by atoms with Crippen molar-refractivity contribution < 1.29 is 4.74 Å². The van der Waals surface area contributed by atoms with Gasteiger partial charge in [0.15, 0.2) is 0 Å². The van der Waals surface area contributed by atoms with Crippen LogP contribution in [-0.4, -0.2) is 25.3 Å². The number of nitrogens with one attached hydrogen (secondary N) is 1. The Morgan fingerprint density at radius 2 is 1.72 bits per heavy atom. The van der Waals surface area contributed by atoms with E-state index in [0.29, 0.717) is 0 Å². The van der Waals surface area contributed by atoms with E-state index >= 15 is 0 Å². The molecule has 2 fully saturated rings. The van der Waals surface area contributed by atoms with Crippen LogP contribution in [0.2, 0.25) is 0 Å². The fraction of sp³-hybridized carbons (Fsp3) is 1.00. The van der Waals surface area contributed by atoms with Crippen LogP contribution in [0.4, 0.5) is 0 Å². The van der Waals surface area contributed by atoms with Crippen LogP contribution in [0.5, 0.6) is 0 Å². The minimum Gasteiger partial charge on any atom is -0.379 e. The summed E-state index contributed by atoms with van der Waals surface area (Å²) >= 11 is 0. The largest absolute Gasteiger partial charge is 0.379 e. The van der Waals surface area contributed by atoms with Crippen LogP contribution < -0.4 is 5.32 Å². The maximum atomic E-state index is 5.56. The Labute approximate surface area is 113 Å². The number of hydrogen-bond donors (Lipinski definition) is 1. The van der Waals surface area contributed by atoms with Gasteiger partial charge in [-0.05, 0) is 64.3 Å². The summed E-state index contributed by atoms with van der Waals surface area (Å²) in [5.41, 5.74) is 0.0614. The molecule has 2 nitrogen and oxygen atoms in total. The number of methoxy groups -OCH3 is 1. The Bertz CT molecular complexity index is 247. The molecule has 0 heterocycles. The highest BCUT2D eigenvalue weighted by Crippen LogP contribution is 2.35. The highest BCUT2D eigenvalue weighted by Gasteiger charge is 2.29. The Kier molecular flexibility index (Phi) is 5.08. The van der Waals surface area contributed by atoms with Crippen molar-refractivity contribution in [2.75, 3.05) is 13.7 Å². The molecule has 2 saturated carbocycles. The molecule has 18 heavy (non-hydrogen) atoms. The molecule has 2 atom stereocenters. The van der Waals surface area contributed by atoms with Crippen LogP contribution in [0.25, 0.3) is 0 Å². The van der Waals surface area contributed by atoms with Gasteiger partial charge in [0.25, 0.3) is 0 Å². The van der Waals surface area contributed by atoms with Crippen LogP contribution in [0.3, 0.4) is 0 Å². The maximum Gasteiger partial charge on any atom is 0.0622 e. The molecule has 2 aliphatic rings. The lowest BCUT2D eigenvalue weighted by molar-refractivity contribution is 0.00625. The molecule has 0 saturated heterocycles. The molecular formula is C16H31NO. The van der Waals surface area contributed by atoms with Gasteiger partial charge in [-0.1, -0.05) is 19.3 Å². The van der Waals surface area contributed by atoms with Gasteiger partial charge in [-0.15, -0.1) is 0 Å². The third-order valence-electron chi connectivity index (χ3n) is 4.98. The highest BCUT2D eigenvalue weighted by molar-refractivity contribution is 4.85. The second-order valence-electron chi connectivity index (χ2n) is 6.99. The Hall–Kier alpha value is -0.0800. The number of hydrogen-bond acceptors (Lipinski definition) is 2. The molecular weight excluding hydrogens is 222 g/mol. The maximum absolute atomic E-state index is 5.56. The minimum atomic E-state index is 0.0614. The van der Waals surface area contributed by atoms with Crippen molar-refractivity contribution in [3.05, 3.63) is 0 Å². The van der Waals surface area contributed by atoms with Crippen molar-refractivity contribution >= 4 is 0 Å². The second-order valence-corrected chi connectivity index (χ2v) is 6.99. The first kappa shape index (κ1) is 14.3. The third-order valence-corrected chi connectivity index (χ3v) is 4.98. The Morgan fingerprint density at radius 3 is 2.33 bits per heavy atom. The molecule has 0 radical (unpaired) electrons. The van der Waals surface area contributed by atoms with Gasteiger partial charge < -0.3 is 10.1 Å². The van der Waals surface area contributed by atoms with Gasteiger partial charge in [0.2, 0.25) is 0 Å². The van der Waals surface area contributed by atoms with E-state index in [9.17, 15) is 0 Å². The summed E-state index contributed by atoms with van der Waals surface area (Å²) in [6, 6.07) is 0.864. The lowest BCUT2D eigenvalue weighted by Gasteiger charge is -2.34. The molecule has 1 N–H and O–H groups in total. The third kappa shape index (κ3) is 4.55. The van der Waals surface area contributed by atoms with Crippen LogP contribution in [0.15, 0.2) is 0 Å². The van der Waals surface area contributed by atoms with Gasteiger partial charge in [-0.2, -0.15) is 0 Å².